The molecule has 0 N–H and O–H groups in total. The van der Waals surface area contributed by atoms with Gasteiger partial charge in [-0.05, 0) is 0 Å². The van der Waals surface area contributed by atoms with Gasteiger partial charge in [-0.15, -0.1) is 0 Å². The van der Waals surface area contributed by atoms with Crippen molar-refractivity contribution in [3.63, 3.8) is 0 Å². The van der Waals surface area contributed by atoms with Crippen LogP contribution in [0.5, 0.6) is 0 Å². The molecule has 9 heavy (non-hydrogen) atoms. The van der Waals surface area contributed by atoms with Gasteiger partial charge in [0.05, 0.1) is 0 Å². The second-order valence-corrected chi connectivity index (χ2v) is 8.44. The van der Waals surface area contributed by atoms with E-state index >= 15 is 0 Å². The van der Waals surface area contributed by atoms with Crippen LogP contribution in [0.25, 0.3) is 0 Å². The molecule has 0 amide bonds. The van der Waals surface area contributed by atoms with Crippen LogP contribution in [0.2, 0.25) is 0 Å². The predicted octanol–water partition coefficient (Wildman–Crippen LogP) is 1.24. The Hall–Kier alpha value is 0.478. The van der Waals surface area contributed by atoms with Crippen molar-refractivity contribution in [3.05, 3.63) is 30.3 Å². The standard InChI is InChI=1S/C6H7AsS2/c8-9-7-6-4-2-1-3-5-6/h1-5,7-8H. The Morgan fingerprint density at radius 3 is 2.44 bits per heavy atom. The molecule has 0 spiro atoms. The fraction of sp³-hybridized carbons (Fsp3) is 0. The molecule has 0 aliphatic rings. The number of benzene rings is 1. The van der Waals surface area contributed by atoms with Gasteiger partial charge in [0.1, 0.15) is 0 Å². The van der Waals surface area contributed by atoms with Crippen LogP contribution in [-0.4, -0.2) is 14.6 Å². The Morgan fingerprint density at radius 1 is 1.22 bits per heavy atom. The van der Waals surface area contributed by atoms with Gasteiger partial charge in [0.15, 0.2) is 0 Å². The van der Waals surface area contributed by atoms with Crippen molar-refractivity contribution in [3.8, 4) is 0 Å². The molecule has 0 fully saturated rings. The molecule has 3 heteroatoms. The van der Waals surface area contributed by atoms with E-state index in [9.17, 15) is 0 Å². The molecule has 48 valence electrons. The fourth-order valence-electron chi connectivity index (χ4n) is 0.559. The van der Waals surface area contributed by atoms with Gasteiger partial charge in [-0.25, -0.2) is 0 Å². The predicted molar refractivity (Wildman–Crippen MR) is 49.8 cm³/mol. The van der Waals surface area contributed by atoms with Gasteiger partial charge < -0.3 is 0 Å². The molecule has 0 bridgehead atoms. The first-order chi connectivity index (χ1) is 4.43. The third-order valence-electron chi connectivity index (χ3n) is 0.937. The summed E-state index contributed by atoms with van der Waals surface area (Å²) in [6.07, 6.45) is 0. The molecule has 0 saturated heterocycles. The van der Waals surface area contributed by atoms with E-state index in [2.05, 4.69) is 35.9 Å². The number of rotatable bonds is 2. The van der Waals surface area contributed by atoms with E-state index in [4.69, 9.17) is 0 Å². The average Bonchev–Trinajstić information content (AvgIpc) is 1.91. The van der Waals surface area contributed by atoms with E-state index in [1.165, 1.54) is 4.35 Å². The maximum atomic E-state index is 4.10. The summed E-state index contributed by atoms with van der Waals surface area (Å²) < 4.78 is 1.46. The van der Waals surface area contributed by atoms with E-state index in [-0.39, 0.29) is 14.6 Å². The van der Waals surface area contributed by atoms with Crippen molar-refractivity contribution >= 4 is 39.7 Å². The van der Waals surface area contributed by atoms with E-state index < -0.39 is 0 Å². The van der Waals surface area contributed by atoms with Crippen LogP contribution in [0.1, 0.15) is 0 Å². The Kier molecular flexibility index (Phi) is 3.64. The molecular weight excluding hydrogens is 211 g/mol. The Morgan fingerprint density at radius 2 is 1.89 bits per heavy atom. The third-order valence-corrected chi connectivity index (χ3v) is 5.44. The van der Waals surface area contributed by atoms with Crippen molar-refractivity contribution in [1.82, 2.24) is 0 Å². The van der Waals surface area contributed by atoms with Crippen LogP contribution in [0.3, 0.4) is 0 Å². The molecule has 0 nitrogen and oxygen atoms in total. The Balaban J connectivity index is 2.61. The SMILES string of the molecule is SS[AsH]c1ccccc1. The summed E-state index contributed by atoms with van der Waals surface area (Å²) in [5.74, 6) is 0. The summed E-state index contributed by atoms with van der Waals surface area (Å²) in [5, 5.41) is 0. The van der Waals surface area contributed by atoms with Gasteiger partial charge in [0, 0.05) is 0 Å². The molecule has 1 rings (SSSR count). The van der Waals surface area contributed by atoms with Gasteiger partial charge in [-0.3, -0.25) is 0 Å². The van der Waals surface area contributed by atoms with Crippen molar-refractivity contribution in [2.24, 2.45) is 0 Å². The summed E-state index contributed by atoms with van der Waals surface area (Å²) >= 11 is 4.10. The van der Waals surface area contributed by atoms with Crippen molar-refractivity contribution < 1.29 is 0 Å². The fourth-order valence-corrected chi connectivity index (χ4v) is 4.37. The molecule has 1 atom stereocenters. The summed E-state index contributed by atoms with van der Waals surface area (Å²) in [7, 11) is 1.67. The first-order valence-corrected chi connectivity index (χ1v) is 8.03. The van der Waals surface area contributed by atoms with Crippen LogP contribution in [0, 0.1) is 0 Å². The van der Waals surface area contributed by atoms with Crippen LogP contribution in [0.4, 0.5) is 0 Å². The summed E-state index contributed by atoms with van der Waals surface area (Å²) in [6.45, 7) is 0. The minimum atomic E-state index is -0.00914. The molecule has 0 aliphatic carbocycles. The number of thiol groups is 1. The van der Waals surface area contributed by atoms with Crippen molar-refractivity contribution in [2.75, 3.05) is 0 Å². The first-order valence-electron chi connectivity index (χ1n) is 2.55. The quantitative estimate of drug-likeness (QED) is 0.442. The van der Waals surface area contributed by atoms with E-state index in [0.29, 0.717) is 0 Å². The summed E-state index contributed by atoms with van der Waals surface area (Å²) in [4.78, 5) is 0. The van der Waals surface area contributed by atoms with Gasteiger partial charge >= 0.3 is 70.0 Å². The zero-order valence-corrected chi connectivity index (χ0v) is 8.55. The van der Waals surface area contributed by atoms with Crippen LogP contribution >= 0.6 is 20.7 Å². The van der Waals surface area contributed by atoms with Crippen molar-refractivity contribution in [1.29, 1.82) is 0 Å². The van der Waals surface area contributed by atoms with Crippen LogP contribution < -0.4 is 4.35 Å². The van der Waals surface area contributed by atoms with Gasteiger partial charge in [-0.2, -0.15) is 0 Å². The second-order valence-electron chi connectivity index (χ2n) is 1.56. The van der Waals surface area contributed by atoms with Crippen LogP contribution in [0.15, 0.2) is 30.3 Å². The first kappa shape index (κ1) is 7.58. The Labute approximate surface area is 69.9 Å². The van der Waals surface area contributed by atoms with E-state index in [1.807, 2.05) is 6.07 Å². The molecule has 0 saturated carbocycles. The molecule has 1 unspecified atom stereocenters. The topological polar surface area (TPSA) is 0 Å². The molecule has 0 heterocycles. The number of hydrogen-bond donors (Lipinski definition) is 1. The average molecular weight is 218 g/mol. The Bertz CT molecular complexity index is 164. The molecule has 0 radical (unpaired) electrons. The number of hydrogen-bond acceptors (Lipinski definition) is 2. The third kappa shape index (κ3) is 2.70. The molecule has 1 aromatic carbocycles. The molecular formula is C6H7AsS2. The summed E-state index contributed by atoms with van der Waals surface area (Å²) in [5.41, 5.74) is 0. The summed E-state index contributed by atoms with van der Waals surface area (Å²) in [6, 6.07) is 10.5. The van der Waals surface area contributed by atoms with E-state index in [0.717, 1.165) is 0 Å². The molecule has 1 aromatic rings. The van der Waals surface area contributed by atoms with E-state index in [1.54, 1.807) is 9.06 Å². The monoisotopic (exact) mass is 218 g/mol. The molecule has 0 aromatic heterocycles. The second kappa shape index (κ2) is 4.32. The van der Waals surface area contributed by atoms with Crippen LogP contribution in [-0.2, 0) is 0 Å². The van der Waals surface area contributed by atoms with Crippen molar-refractivity contribution in [2.45, 2.75) is 0 Å². The minimum absolute atomic E-state index is 0.00914. The van der Waals surface area contributed by atoms with Gasteiger partial charge in [0.2, 0.25) is 0 Å². The maximum absolute atomic E-state index is 4.10. The van der Waals surface area contributed by atoms with Gasteiger partial charge in [-0.1, -0.05) is 0 Å². The normalized spacial score (nSPS) is 10.8. The zero-order valence-electron chi connectivity index (χ0n) is 4.74. The zero-order chi connectivity index (χ0) is 6.53. The van der Waals surface area contributed by atoms with Gasteiger partial charge in [0.25, 0.3) is 0 Å². The molecule has 0 aliphatic heterocycles.